The van der Waals surface area contributed by atoms with Crippen molar-refractivity contribution in [3.05, 3.63) is 53.7 Å². The molecule has 38 heavy (non-hydrogen) atoms. The minimum Gasteiger partial charge on any atom is -0.730 e. The summed E-state index contributed by atoms with van der Waals surface area (Å²) < 4.78 is 35.6. The van der Waals surface area contributed by atoms with Crippen LogP contribution in [0.5, 0.6) is 0 Å². The molecule has 2 rings (SSSR count). The first kappa shape index (κ1) is 36.5. The van der Waals surface area contributed by atoms with Gasteiger partial charge in [0.05, 0.1) is 11.3 Å². The number of benzene rings is 1. The van der Waals surface area contributed by atoms with E-state index in [9.17, 15) is 32.5 Å². The Morgan fingerprint density at radius 3 is 2.08 bits per heavy atom. The number of nitrogens with one attached hydrogen (secondary N) is 2. The fourth-order valence-electron chi connectivity index (χ4n) is 3.47. The number of carbonyl (C=O) groups excluding carboxylic acids is 3. The Hall–Kier alpha value is -1.51. The number of aliphatic carboxylic acids is 1. The van der Waals surface area contributed by atoms with Gasteiger partial charge in [0, 0.05) is 24.3 Å². The molecule has 0 aliphatic rings. The van der Waals surface area contributed by atoms with Crippen molar-refractivity contribution in [3.8, 4) is 0 Å². The number of hydrogen-bond acceptors (Lipinski definition) is 9. The predicted octanol–water partition coefficient (Wildman–Crippen LogP) is -3.81. The zero-order valence-corrected chi connectivity index (χ0v) is 26.7. The number of unbranched alkanes of at least 4 members (excludes halogenated alkanes) is 7. The van der Waals surface area contributed by atoms with Crippen LogP contribution in [0, 0.1) is 0 Å². The summed E-state index contributed by atoms with van der Waals surface area (Å²) in [4.78, 5) is 37.9. The van der Waals surface area contributed by atoms with E-state index in [1.165, 1.54) is 42.6 Å². The van der Waals surface area contributed by atoms with Gasteiger partial charge in [0.2, 0.25) is 10.3 Å². The molecule has 0 aliphatic carbocycles. The van der Waals surface area contributed by atoms with Crippen LogP contribution in [-0.2, 0) is 15.1 Å². The summed E-state index contributed by atoms with van der Waals surface area (Å²) in [6.45, 7) is 0.495. The molecule has 0 saturated heterocycles. The van der Waals surface area contributed by atoms with Crippen LogP contribution in [0.15, 0.2) is 42.6 Å². The number of nitrogens with zero attached hydrogens (tertiary/aromatic N) is 2. The summed E-state index contributed by atoms with van der Waals surface area (Å²) in [5.41, 5.74) is 2.48. The molecule has 11 nitrogen and oxygen atoms in total. The average molecular weight is 565 g/mol. The van der Waals surface area contributed by atoms with Crippen molar-refractivity contribution in [2.24, 2.45) is 0 Å². The number of carboxylic acids is 1. The van der Waals surface area contributed by atoms with Crippen LogP contribution >= 0.6 is 0 Å². The Bertz CT molecular complexity index is 1120. The fraction of sp³-hybridized carbons (Fsp3) is 0.417. The Morgan fingerprint density at radius 1 is 0.921 bits per heavy atom. The Labute approximate surface area is 267 Å². The van der Waals surface area contributed by atoms with Crippen molar-refractivity contribution < 1.29 is 91.6 Å². The van der Waals surface area contributed by atoms with Crippen LogP contribution in [0.1, 0.15) is 78.5 Å². The molecule has 2 aromatic rings. The predicted molar refractivity (Wildman–Crippen MR) is 131 cm³/mol. The Balaban J connectivity index is 0.00000684. The van der Waals surface area contributed by atoms with Gasteiger partial charge in [-0.1, -0.05) is 50.7 Å². The molecular formula is C24H30N4Na2O7S. The zero-order chi connectivity index (χ0) is 26.4. The molecule has 196 valence electrons. The second kappa shape index (κ2) is 19.5. The average Bonchev–Trinajstić information content (AvgIpc) is 2.85. The van der Waals surface area contributed by atoms with Crippen LogP contribution in [0.3, 0.4) is 0 Å². The van der Waals surface area contributed by atoms with Crippen molar-refractivity contribution in [2.75, 3.05) is 16.4 Å². The van der Waals surface area contributed by atoms with Crippen LogP contribution in [0.4, 0.5) is 11.5 Å². The molecular weight excluding hydrogens is 534 g/mol. The number of anilines is 2. The molecule has 0 saturated carbocycles. The summed E-state index contributed by atoms with van der Waals surface area (Å²) in [5.74, 6) is -1.34. The van der Waals surface area contributed by atoms with Crippen LogP contribution in [0.25, 0.3) is 0 Å². The molecule has 0 aliphatic heterocycles. The molecule has 1 aromatic carbocycles. The molecule has 0 unspecified atom stereocenters. The molecule has 1 heterocycles. The first-order valence-corrected chi connectivity index (χ1v) is 13.1. The van der Waals surface area contributed by atoms with E-state index < -0.39 is 16.3 Å². The monoisotopic (exact) mass is 564 g/mol. The first-order valence-electron chi connectivity index (χ1n) is 11.7. The van der Waals surface area contributed by atoms with E-state index in [2.05, 4.69) is 15.7 Å². The summed E-state index contributed by atoms with van der Waals surface area (Å²) in [5, 5.41) is 13.1. The third-order valence-electron chi connectivity index (χ3n) is 5.34. The molecule has 0 fully saturated rings. The molecule has 0 bridgehead atoms. The number of hydrazine groups is 1. The van der Waals surface area contributed by atoms with Crippen molar-refractivity contribution in [2.45, 2.75) is 57.8 Å². The van der Waals surface area contributed by atoms with Gasteiger partial charge >= 0.3 is 59.1 Å². The van der Waals surface area contributed by atoms with E-state index in [0.717, 1.165) is 44.9 Å². The Morgan fingerprint density at radius 2 is 1.53 bits per heavy atom. The van der Waals surface area contributed by atoms with Crippen molar-refractivity contribution in [1.29, 1.82) is 0 Å². The van der Waals surface area contributed by atoms with E-state index in [-0.39, 0.29) is 94.1 Å². The maximum Gasteiger partial charge on any atom is 1.00 e. The number of hydrogen-bond donors (Lipinski definition) is 2. The van der Waals surface area contributed by atoms with Crippen LogP contribution in [0.2, 0.25) is 0 Å². The normalized spacial score (nSPS) is 10.4. The number of carbonyl (C=O) groups is 3. The summed E-state index contributed by atoms with van der Waals surface area (Å²) in [6.07, 6.45) is 9.27. The van der Waals surface area contributed by atoms with Crippen molar-refractivity contribution in [1.82, 2.24) is 10.3 Å². The molecule has 2 N–H and O–H groups in total. The van der Waals surface area contributed by atoms with E-state index in [4.69, 9.17) is 0 Å². The van der Waals surface area contributed by atoms with Gasteiger partial charge in [-0.3, -0.25) is 15.0 Å². The minimum absolute atomic E-state index is 0. The first-order chi connectivity index (χ1) is 17.2. The fourth-order valence-corrected chi connectivity index (χ4v) is 4.08. The molecule has 0 atom stereocenters. The number of amides is 1. The third kappa shape index (κ3) is 13.5. The molecule has 0 spiro atoms. The zero-order valence-electron chi connectivity index (χ0n) is 21.9. The van der Waals surface area contributed by atoms with Crippen LogP contribution < -0.4 is 79.4 Å². The Kier molecular flexibility index (Phi) is 18.8. The molecule has 1 amide bonds. The van der Waals surface area contributed by atoms with Crippen molar-refractivity contribution in [3.63, 3.8) is 0 Å². The standard InChI is InChI=1S/C24H32N4O7S.2Na/c29-18-20-11-8-9-12-21(20)28(36(33,34)35)27-22-15-14-19(17-26-22)24(32)25-16-10-6-4-2-1-3-5-7-13-23(30)31;;/h8-9,11-12,14-15,17-18H,1-7,10,13,16H2,(H,25,32)(H,26,27)(H,30,31)(H,33,34,35);;/q;2*+1/p-2. The van der Waals surface area contributed by atoms with E-state index in [1.807, 2.05) is 0 Å². The minimum atomic E-state index is -5.04. The second-order valence-electron chi connectivity index (χ2n) is 8.15. The topological polar surface area (TPSA) is 172 Å². The maximum absolute atomic E-state index is 12.3. The third-order valence-corrected chi connectivity index (χ3v) is 6.08. The van der Waals surface area contributed by atoms with E-state index in [0.29, 0.717) is 23.7 Å². The van der Waals surface area contributed by atoms with Gasteiger partial charge in [-0.05, 0) is 43.5 Å². The van der Waals surface area contributed by atoms with Gasteiger partial charge in [-0.15, -0.1) is 0 Å². The quantitative estimate of drug-likeness (QED) is 0.0642. The van der Waals surface area contributed by atoms with Gasteiger partial charge in [0.25, 0.3) is 5.91 Å². The van der Waals surface area contributed by atoms with Gasteiger partial charge in [-0.25, -0.2) is 13.4 Å². The number of carboxylic acid groups (broad SMARTS) is 1. The summed E-state index contributed by atoms with van der Waals surface area (Å²) in [7, 11) is -5.04. The van der Waals surface area contributed by atoms with E-state index in [1.54, 1.807) is 0 Å². The molecule has 1 aromatic heterocycles. The van der Waals surface area contributed by atoms with Gasteiger partial charge in [0.15, 0.2) is 6.29 Å². The van der Waals surface area contributed by atoms with E-state index >= 15 is 0 Å². The van der Waals surface area contributed by atoms with Gasteiger partial charge in [0.1, 0.15) is 5.82 Å². The number of para-hydroxylation sites is 1. The molecule has 0 radical (unpaired) electrons. The SMILES string of the molecule is O=Cc1ccccc1N(Nc1ccc(C(=O)NCCCCCCCCCCC(=O)[O-])cn1)S(=O)(=O)[O-].[Na+].[Na+]. The van der Waals surface area contributed by atoms with Crippen molar-refractivity contribution >= 4 is 40.0 Å². The van der Waals surface area contributed by atoms with Gasteiger partial charge < -0.3 is 19.8 Å². The summed E-state index contributed by atoms with van der Waals surface area (Å²) >= 11 is 0. The second-order valence-corrected chi connectivity index (χ2v) is 9.37. The number of aldehydes is 1. The van der Waals surface area contributed by atoms with Crippen LogP contribution in [-0.4, -0.2) is 42.7 Å². The maximum atomic E-state index is 12.3. The summed E-state index contributed by atoms with van der Waals surface area (Å²) in [6, 6.07) is 8.46. The number of rotatable bonds is 17. The van der Waals surface area contributed by atoms with Gasteiger partial charge in [-0.2, -0.15) is 4.41 Å². The molecule has 14 heteroatoms. The number of pyridine rings is 1. The largest absolute Gasteiger partial charge is 1.00 e. The number of aromatic nitrogens is 1. The smallest absolute Gasteiger partial charge is 0.730 e.